The number of ether oxygens (including phenoxy) is 4. The van der Waals surface area contributed by atoms with E-state index in [0.29, 0.717) is 6.54 Å². The second-order valence-corrected chi connectivity index (χ2v) is 9.85. The molecule has 0 heterocycles. The lowest BCUT2D eigenvalue weighted by atomic mass is 10.2. The Kier molecular flexibility index (Phi) is 16.9. The molecule has 0 fully saturated rings. The molecule has 2 atom stereocenters. The van der Waals surface area contributed by atoms with Crippen LogP contribution in [0.25, 0.3) is 0 Å². The number of carbonyl (C=O) groups is 3. The van der Waals surface area contributed by atoms with Gasteiger partial charge in [0.25, 0.3) is 0 Å². The van der Waals surface area contributed by atoms with Crippen LogP contribution in [-0.4, -0.2) is 70.7 Å². The molecule has 0 saturated heterocycles. The van der Waals surface area contributed by atoms with E-state index in [4.69, 9.17) is 30.2 Å². The number of aliphatic hydroxyl groups excluding tert-OH is 2. The van der Waals surface area contributed by atoms with Crippen LogP contribution in [0.3, 0.4) is 0 Å². The van der Waals surface area contributed by atoms with Crippen molar-refractivity contribution in [2.45, 2.75) is 105 Å². The monoisotopic (exact) mass is 468 g/mol. The molecule has 0 aliphatic rings. The summed E-state index contributed by atoms with van der Waals surface area (Å²) in [6.07, 6.45) is -3.50. The van der Waals surface area contributed by atoms with Gasteiger partial charge in [-0.05, 0) is 76.2 Å². The van der Waals surface area contributed by atoms with Crippen LogP contribution in [0.15, 0.2) is 0 Å². The third-order valence-electron chi connectivity index (χ3n) is 2.23. The molecule has 0 rings (SSSR count). The van der Waals surface area contributed by atoms with E-state index in [2.05, 4.69) is 10.1 Å². The molecule has 0 saturated carbocycles. The predicted octanol–water partition coefficient (Wildman–Crippen LogP) is 3.09. The number of hydrogen-bond donors (Lipinski definition) is 4. The van der Waals surface area contributed by atoms with Crippen LogP contribution in [0.5, 0.6) is 0 Å². The highest BCUT2D eigenvalue weighted by Crippen LogP contribution is 2.11. The van der Waals surface area contributed by atoms with Crippen LogP contribution >= 0.6 is 0 Å². The summed E-state index contributed by atoms with van der Waals surface area (Å²) < 4.78 is 18.7. The van der Waals surface area contributed by atoms with Crippen LogP contribution in [-0.2, 0) is 18.9 Å². The van der Waals surface area contributed by atoms with Crippen molar-refractivity contribution in [3.8, 4) is 0 Å². The Hall–Kier alpha value is -2.11. The first-order chi connectivity index (χ1) is 14.1. The molecule has 2 unspecified atom stereocenters. The van der Waals surface area contributed by atoms with Crippen molar-refractivity contribution in [2.75, 3.05) is 13.1 Å². The lowest BCUT2D eigenvalue weighted by Gasteiger charge is -2.20. The van der Waals surface area contributed by atoms with Gasteiger partial charge in [0.1, 0.15) is 16.8 Å². The Balaban J connectivity index is -0.000000441. The van der Waals surface area contributed by atoms with Crippen LogP contribution < -0.4 is 11.1 Å². The number of nitrogens with one attached hydrogen (secondary N) is 1. The molecule has 0 aliphatic heterocycles. The van der Waals surface area contributed by atoms with Gasteiger partial charge in [-0.3, -0.25) is 0 Å². The van der Waals surface area contributed by atoms with Gasteiger partial charge in [0.05, 0.1) is 12.2 Å². The minimum atomic E-state index is -1.06. The molecular weight excluding hydrogens is 424 g/mol. The molecule has 0 spiro atoms. The molecule has 11 nitrogen and oxygen atoms in total. The fourth-order valence-electron chi connectivity index (χ4n) is 1.15. The average molecular weight is 469 g/mol. The maximum atomic E-state index is 11.0. The van der Waals surface area contributed by atoms with Crippen molar-refractivity contribution >= 4 is 18.4 Å². The Morgan fingerprint density at radius 2 is 1.06 bits per heavy atom. The topological polar surface area (TPSA) is 167 Å². The lowest BCUT2D eigenvalue weighted by Crippen LogP contribution is -2.36. The SMILES string of the molecule is CC(C)(C)OC(=O)OC(=O)OC(C)(C)C.CC(O)CN.CC(O)CNC(=O)OC(C)(C)C. The van der Waals surface area contributed by atoms with Gasteiger partial charge < -0.3 is 40.2 Å². The van der Waals surface area contributed by atoms with Crippen molar-refractivity contribution in [1.29, 1.82) is 0 Å². The Bertz CT molecular complexity index is 517. The Morgan fingerprint density at radius 3 is 1.28 bits per heavy atom. The molecule has 0 aromatic carbocycles. The molecule has 0 bridgehead atoms. The van der Waals surface area contributed by atoms with Crippen molar-refractivity contribution in [2.24, 2.45) is 5.73 Å². The molecule has 0 aromatic heterocycles. The van der Waals surface area contributed by atoms with Crippen molar-refractivity contribution in [3.05, 3.63) is 0 Å². The van der Waals surface area contributed by atoms with E-state index in [1.165, 1.54) is 0 Å². The molecule has 32 heavy (non-hydrogen) atoms. The van der Waals surface area contributed by atoms with Gasteiger partial charge in [0.15, 0.2) is 0 Å². The van der Waals surface area contributed by atoms with E-state index in [0.717, 1.165) is 0 Å². The fraction of sp³-hybridized carbons (Fsp3) is 0.857. The zero-order chi connectivity index (χ0) is 26.3. The number of nitrogens with two attached hydrogens (primary N) is 1. The van der Waals surface area contributed by atoms with E-state index >= 15 is 0 Å². The number of rotatable bonds is 3. The van der Waals surface area contributed by atoms with Crippen molar-refractivity contribution in [3.63, 3.8) is 0 Å². The van der Waals surface area contributed by atoms with Gasteiger partial charge in [-0.25, -0.2) is 14.4 Å². The first kappa shape index (κ1) is 34.5. The van der Waals surface area contributed by atoms with E-state index in [-0.39, 0.29) is 12.6 Å². The summed E-state index contributed by atoms with van der Waals surface area (Å²) in [5.74, 6) is 0. The molecule has 11 heteroatoms. The summed E-state index contributed by atoms with van der Waals surface area (Å²) in [6.45, 7) is 19.2. The summed E-state index contributed by atoms with van der Waals surface area (Å²) in [5, 5.41) is 19.5. The molecule has 1 amide bonds. The highest BCUT2D eigenvalue weighted by molar-refractivity contribution is 5.77. The van der Waals surface area contributed by atoms with Crippen LogP contribution in [0, 0.1) is 0 Å². The molecule has 0 radical (unpaired) electrons. The fourth-order valence-corrected chi connectivity index (χ4v) is 1.15. The highest BCUT2D eigenvalue weighted by Gasteiger charge is 2.24. The van der Waals surface area contributed by atoms with Crippen LogP contribution in [0.2, 0.25) is 0 Å². The van der Waals surface area contributed by atoms with Gasteiger partial charge >= 0.3 is 18.4 Å². The second kappa shape index (κ2) is 15.7. The zero-order valence-electron chi connectivity index (χ0n) is 21.4. The quantitative estimate of drug-likeness (QED) is 0.274. The maximum Gasteiger partial charge on any atom is 0.519 e. The minimum absolute atomic E-state index is 0.217. The maximum absolute atomic E-state index is 11.0. The third kappa shape index (κ3) is 35.3. The number of aliphatic hydroxyl groups is 2. The number of alkyl carbamates (subject to hydrolysis) is 1. The van der Waals surface area contributed by atoms with Crippen LogP contribution in [0.1, 0.15) is 76.2 Å². The molecule has 0 aromatic rings. The number of carbonyl (C=O) groups excluding carboxylic acids is 3. The second-order valence-electron chi connectivity index (χ2n) is 9.85. The largest absolute Gasteiger partial charge is 0.519 e. The first-order valence-corrected chi connectivity index (χ1v) is 10.2. The van der Waals surface area contributed by atoms with Crippen molar-refractivity contribution < 1.29 is 43.5 Å². The van der Waals surface area contributed by atoms with Gasteiger partial charge in [-0.15, -0.1) is 0 Å². The molecule has 5 N–H and O–H groups in total. The standard InChI is InChI=1S/C10H18O5.C8H17NO3.C3H9NO/c1-9(2,3)14-7(11)13-8(12)15-10(4,5)6;1-6(10)5-9-7(11)12-8(2,3)4;1-3(5)2-4/h1-6H3;6,10H,5H2,1-4H3,(H,9,11);3,5H,2,4H2,1H3. The third-order valence-corrected chi connectivity index (χ3v) is 2.23. The van der Waals surface area contributed by atoms with Gasteiger partial charge in [0.2, 0.25) is 0 Å². The minimum Gasteiger partial charge on any atom is -0.444 e. The summed E-state index contributed by atoms with van der Waals surface area (Å²) in [6, 6.07) is 0. The lowest BCUT2D eigenvalue weighted by molar-refractivity contribution is -0.0294. The van der Waals surface area contributed by atoms with E-state index in [1.54, 1.807) is 76.2 Å². The predicted molar refractivity (Wildman–Crippen MR) is 120 cm³/mol. The van der Waals surface area contributed by atoms with Gasteiger partial charge in [-0.2, -0.15) is 0 Å². The summed E-state index contributed by atoms with van der Waals surface area (Å²) >= 11 is 0. The molecular formula is C21H44N2O9. The van der Waals surface area contributed by atoms with Crippen LogP contribution in [0.4, 0.5) is 14.4 Å². The van der Waals surface area contributed by atoms with Crippen molar-refractivity contribution in [1.82, 2.24) is 5.32 Å². The Labute approximate surface area is 191 Å². The number of amides is 1. The first-order valence-electron chi connectivity index (χ1n) is 10.2. The van der Waals surface area contributed by atoms with Gasteiger partial charge in [0, 0.05) is 13.1 Å². The molecule has 192 valence electrons. The van der Waals surface area contributed by atoms with E-state index < -0.39 is 41.3 Å². The Morgan fingerprint density at radius 1 is 0.750 bits per heavy atom. The highest BCUT2D eigenvalue weighted by atomic mass is 16.8. The summed E-state index contributed by atoms with van der Waals surface area (Å²) in [4.78, 5) is 32.9. The summed E-state index contributed by atoms with van der Waals surface area (Å²) in [7, 11) is 0. The normalized spacial score (nSPS) is 13.1. The average Bonchev–Trinajstić information content (AvgIpc) is 2.48. The smallest absolute Gasteiger partial charge is 0.444 e. The number of hydrogen-bond acceptors (Lipinski definition) is 10. The van der Waals surface area contributed by atoms with E-state index in [1.807, 2.05) is 0 Å². The van der Waals surface area contributed by atoms with Gasteiger partial charge in [-0.1, -0.05) is 0 Å². The van der Waals surface area contributed by atoms with E-state index in [9.17, 15) is 14.4 Å². The molecule has 0 aliphatic carbocycles. The zero-order valence-corrected chi connectivity index (χ0v) is 21.4. The summed E-state index contributed by atoms with van der Waals surface area (Å²) in [5.41, 5.74) is 3.05.